The van der Waals surface area contributed by atoms with E-state index in [1.165, 1.54) is 6.92 Å². The van der Waals surface area contributed by atoms with Crippen molar-refractivity contribution >= 4 is 23.1 Å². The third-order valence-electron chi connectivity index (χ3n) is 3.26. The maximum atomic E-state index is 11.9. The van der Waals surface area contributed by atoms with Crippen molar-refractivity contribution in [3.05, 3.63) is 52.5 Å². The highest BCUT2D eigenvalue weighted by atomic mass is 32.1. The lowest BCUT2D eigenvalue weighted by Crippen LogP contribution is -2.09. The molecule has 6 nitrogen and oxygen atoms in total. The number of hydrogen-bond donors (Lipinski definition) is 0. The molecule has 24 heavy (non-hydrogen) atoms. The van der Waals surface area contributed by atoms with E-state index in [0.717, 1.165) is 5.56 Å². The van der Waals surface area contributed by atoms with E-state index in [2.05, 4.69) is 10.1 Å². The minimum atomic E-state index is -0.425. The molecule has 0 bridgehead atoms. The van der Waals surface area contributed by atoms with Gasteiger partial charge in [-0.3, -0.25) is 9.59 Å². The van der Waals surface area contributed by atoms with Gasteiger partial charge < -0.3 is 9.26 Å². The molecule has 0 amide bonds. The van der Waals surface area contributed by atoms with E-state index in [0.29, 0.717) is 29.4 Å². The molecule has 0 atom stereocenters. The van der Waals surface area contributed by atoms with Crippen molar-refractivity contribution < 1.29 is 18.8 Å². The second-order valence-electron chi connectivity index (χ2n) is 5.08. The number of esters is 1. The Kier molecular flexibility index (Phi) is 4.81. The Morgan fingerprint density at radius 2 is 2.17 bits per heavy atom. The molecule has 3 rings (SSSR count). The Labute approximate surface area is 142 Å². The fraction of sp³-hybridized carbons (Fsp3) is 0.176. The van der Waals surface area contributed by atoms with Gasteiger partial charge in [0.25, 0.3) is 0 Å². The molecular formula is C17H14N2O4S. The van der Waals surface area contributed by atoms with Gasteiger partial charge in [-0.25, -0.2) is 0 Å². The lowest BCUT2D eigenvalue weighted by atomic mass is 10.1. The summed E-state index contributed by atoms with van der Waals surface area (Å²) in [6.45, 7) is 1.46. The van der Waals surface area contributed by atoms with Crippen LogP contribution in [0.1, 0.15) is 29.6 Å². The van der Waals surface area contributed by atoms with Crippen LogP contribution in [0.3, 0.4) is 0 Å². The van der Waals surface area contributed by atoms with Crippen LogP contribution in [-0.2, 0) is 11.2 Å². The number of ether oxygens (including phenoxy) is 1. The van der Waals surface area contributed by atoms with Gasteiger partial charge >= 0.3 is 5.97 Å². The molecule has 2 aromatic heterocycles. The van der Waals surface area contributed by atoms with Crippen LogP contribution < -0.4 is 4.74 Å². The van der Waals surface area contributed by atoms with Crippen molar-refractivity contribution in [1.29, 1.82) is 0 Å². The number of benzene rings is 1. The summed E-state index contributed by atoms with van der Waals surface area (Å²) in [4.78, 5) is 27.5. The van der Waals surface area contributed by atoms with Gasteiger partial charge in [-0.05, 0) is 30.5 Å². The van der Waals surface area contributed by atoms with Gasteiger partial charge in [0.05, 0.1) is 6.42 Å². The number of ketones is 1. The zero-order chi connectivity index (χ0) is 16.9. The van der Waals surface area contributed by atoms with Gasteiger partial charge in [-0.15, -0.1) is 0 Å². The van der Waals surface area contributed by atoms with Gasteiger partial charge in [-0.2, -0.15) is 16.3 Å². The predicted molar refractivity (Wildman–Crippen MR) is 88.0 cm³/mol. The van der Waals surface area contributed by atoms with E-state index in [1.54, 1.807) is 35.6 Å². The zero-order valence-electron chi connectivity index (χ0n) is 12.9. The van der Waals surface area contributed by atoms with Crippen LogP contribution in [-0.4, -0.2) is 21.9 Å². The normalized spacial score (nSPS) is 10.5. The predicted octanol–water partition coefficient (Wildman–Crippen LogP) is 3.54. The molecular weight excluding hydrogens is 328 g/mol. The molecule has 0 aliphatic carbocycles. The lowest BCUT2D eigenvalue weighted by molar-refractivity contribution is -0.134. The molecule has 0 spiro atoms. The van der Waals surface area contributed by atoms with Gasteiger partial charge in [0.15, 0.2) is 5.78 Å². The molecule has 0 fully saturated rings. The summed E-state index contributed by atoms with van der Waals surface area (Å²) in [7, 11) is 0. The maximum Gasteiger partial charge on any atom is 0.311 e. The van der Waals surface area contributed by atoms with Gasteiger partial charge in [-0.1, -0.05) is 17.3 Å². The Hall–Kier alpha value is -2.80. The van der Waals surface area contributed by atoms with Crippen molar-refractivity contribution in [2.75, 3.05) is 0 Å². The summed E-state index contributed by atoms with van der Waals surface area (Å²) in [5, 5.41) is 7.73. The van der Waals surface area contributed by atoms with E-state index < -0.39 is 5.97 Å². The van der Waals surface area contributed by atoms with E-state index in [4.69, 9.17) is 9.26 Å². The van der Waals surface area contributed by atoms with Crippen LogP contribution in [0.2, 0.25) is 0 Å². The number of Topliss-reactive ketones (excluding diaryl/α,β-unsaturated/α-hetero) is 1. The van der Waals surface area contributed by atoms with Crippen LogP contribution >= 0.6 is 11.3 Å². The summed E-state index contributed by atoms with van der Waals surface area (Å²) in [6, 6.07) is 8.41. The van der Waals surface area contributed by atoms with Crippen LogP contribution in [0.25, 0.3) is 11.4 Å². The number of carbonyl (C=O) groups is 2. The van der Waals surface area contributed by atoms with Crippen LogP contribution in [0.4, 0.5) is 0 Å². The van der Waals surface area contributed by atoms with Crippen molar-refractivity contribution in [3.63, 3.8) is 0 Å². The van der Waals surface area contributed by atoms with E-state index in [9.17, 15) is 9.59 Å². The average molecular weight is 342 g/mol. The number of hydrogen-bond acceptors (Lipinski definition) is 7. The first-order valence-electron chi connectivity index (χ1n) is 7.28. The highest BCUT2D eigenvalue weighted by molar-refractivity contribution is 7.08. The molecule has 1 aromatic carbocycles. The second-order valence-corrected chi connectivity index (χ2v) is 5.86. The summed E-state index contributed by atoms with van der Waals surface area (Å²) in [6.07, 6.45) is 0.401. The summed E-state index contributed by atoms with van der Waals surface area (Å²) in [5.41, 5.74) is 1.39. The number of thiophene rings is 1. The fourth-order valence-corrected chi connectivity index (χ4v) is 2.67. The van der Waals surface area contributed by atoms with Crippen LogP contribution in [0.5, 0.6) is 5.75 Å². The minimum absolute atomic E-state index is 0.0836. The first-order chi connectivity index (χ1) is 11.6. The first kappa shape index (κ1) is 16.1. The highest BCUT2D eigenvalue weighted by Gasteiger charge is 2.12. The summed E-state index contributed by atoms with van der Waals surface area (Å²) >= 11 is 1.55. The first-order valence-corrected chi connectivity index (χ1v) is 8.23. The molecule has 0 aliphatic rings. The molecule has 0 N–H and O–H groups in total. The van der Waals surface area contributed by atoms with Crippen LogP contribution in [0.15, 0.2) is 45.6 Å². The molecule has 0 radical (unpaired) electrons. The number of carbonyl (C=O) groups excluding carboxylic acids is 2. The third-order valence-corrected chi connectivity index (χ3v) is 3.95. The van der Waals surface area contributed by atoms with Gasteiger partial charge in [0.2, 0.25) is 11.7 Å². The lowest BCUT2D eigenvalue weighted by Gasteiger charge is -2.04. The van der Waals surface area contributed by atoms with E-state index in [1.807, 2.05) is 16.8 Å². The monoisotopic (exact) mass is 342 g/mol. The molecule has 0 unspecified atom stereocenters. The molecule has 0 aliphatic heterocycles. The van der Waals surface area contributed by atoms with Crippen molar-refractivity contribution in [3.8, 4) is 17.1 Å². The highest BCUT2D eigenvalue weighted by Crippen LogP contribution is 2.19. The van der Waals surface area contributed by atoms with E-state index >= 15 is 0 Å². The maximum absolute atomic E-state index is 11.9. The number of aryl methyl sites for hydroxylation is 1. The molecule has 122 valence electrons. The fourth-order valence-electron chi connectivity index (χ4n) is 2.04. The van der Waals surface area contributed by atoms with Crippen LogP contribution in [0, 0.1) is 0 Å². The van der Waals surface area contributed by atoms with Crippen molar-refractivity contribution in [2.45, 2.75) is 19.8 Å². The smallest absolute Gasteiger partial charge is 0.311 e. The Morgan fingerprint density at radius 1 is 1.29 bits per heavy atom. The number of nitrogens with zero attached hydrogens (tertiary/aromatic N) is 2. The largest absolute Gasteiger partial charge is 0.426 e. The zero-order valence-corrected chi connectivity index (χ0v) is 13.7. The minimum Gasteiger partial charge on any atom is -0.426 e. The summed E-state index contributed by atoms with van der Waals surface area (Å²) in [5.74, 6) is 0.724. The number of aromatic nitrogens is 2. The molecule has 2 heterocycles. The molecule has 7 heteroatoms. The average Bonchev–Trinajstić information content (AvgIpc) is 3.24. The third kappa shape index (κ3) is 3.94. The van der Waals surface area contributed by atoms with E-state index in [-0.39, 0.29) is 12.2 Å². The second kappa shape index (κ2) is 7.18. The SMILES string of the molecule is CC(=O)c1cccc(OC(=O)CCc2nc(-c3ccsc3)no2)c1. The quantitative estimate of drug-likeness (QED) is 0.387. The molecule has 0 saturated carbocycles. The molecule has 0 saturated heterocycles. The molecule has 3 aromatic rings. The van der Waals surface area contributed by atoms with Crippen molar-refractivity contribution in [2.24, 2.45) is 0 Å². The topological polar surface area (TPSA) is 82.3 Å². The Morgan fingerprint density at radius 3 is 2.92 bits per heavy atom. The number of rotatable bonds is 6. The Balaban J connectivity index is 1.56. The van der Waals surface area contributed by atoms with Crippen molar-refractivity contribution in [1.82, 2.24) is 10.1 Å². The van der Waals surface area contributed by atoms with Gasteiger partial charge in [0, 0.05) is 22.9 Å². The Bertz CT molecular complexity index is 855. The standard InChI is InChI=1S/C17H14N2O4S/c1-11(20)12-3-2-4-14(9-12)22-16(21)6-5-15-18-17(19-23-15)13-7-8-24-10-13/h2-4,7-10H,5-6H2,1H3. The summed E-state index contributed by atoms with van der Waals surface area (Å²) < 4.78 is 10.4. The van der Waals surface area contributed by atoms with Gasteiger partial charge in [0.1, 0.15) is 5.75 Å².